The first-order chi connectivity index (χ1) is 14.7. The van der Waals surface area contributed by atoms with Gasteiger partial charge in [-0.05, 0) is 64.0 Å². The highest BCUT2D eigenvalue weighted by molar-refractivity contribution is 7.99. The average molecular weight is 497 g/mol. The van der Waals surface area contributed by atoms with Gasteiger partial charge in [0, 0.05) is 75.4 Å². The van der Waals surface area contributed by atoms with Gasteiger partial charge < -0.3 is 19.6 Å². The summed E-state index contributed by atoms with van der Waals surface area (Å²) in [5.41, 5.74) is 0. The molecule has 1 aliphatic heterocycles. The van der Waals surface area contributed by atoms with Gasteiger partial charge >= 0.3 is 0 Å². The topological polar surface area (TPSA) is 13.0 Å². The Kier molecular flexibility index (Phi) is 20.3. The van der Waals surface area contributed by atoms with Crippen LogP contribution in [0.15, 0.2) is 0 Å². The summed E-state index contributed by atoms with van der Waals surface area (Å²) in [6.07, 6.45) is 11.6. The van der Waals surface area contributed by atoms with Crippen LogP contribution < -0.4 is 0 Å². The molecule has 0 amide bonds. The molecule has 0 radical (unpaired) electrons. The van der Waals surface area contributed by atoms with E-state index in [0.29, 0.717) is 0 Å². The van der Waals surface area contributed by atoms with Crippen LogP contribution in [0, 0.1) is 0 Å². The maximum atomic E-state index is 2.73. The lowest BCUT2D eigenvalue weighted by atomic mass is 10.3. The quantitative estimate of drug-likeness (QED) is 0.402. The molecule has 0 unspecified atom stereocenters. The third kappa shape index (κ3) is 15.1. The highest BCUT2D eigenvalue weighted by Crippen LogP contribution is 2.06. The Morgan fingerprint density at radius 3 is 0.833 bits per heavy atom. The van der Waals surface area contributed by atoms with E-state index in [0.717, 1.165) is 0 Å². The Morgan fingerprint density at radius 1 is 0.400 bits per heavy atom. The fourth-order valence-electron chi connectivity index (χ4n) is 3.82. The van der Waals surface area contributed by atoms with Crippen molar-refractivity contribution in [3.8, 4) is 0 Å². The molecule has 180 valence electrons. The van der Waals surface area contributed by atoms with Gasteiger partial charge in [-0.3, -0.25) is 0 Å². The van der Waals surface area contributed by atoms with Crippen LogP contribution in [0.3, 0.4) is 0 Å². The SMILES string of the molecule is CSCCN1CCCN(CCSC)CCN(CCSC)CCCN(CCSC)CC1. The Labute approximate surface area is 205 Å². The van der Waals surface area contributed by atoms with Crippen LogP contribution in [-0.4, -0.2) is 146 Å². The summed E-state index contributed by atoms with van der Waals surface area (Å²) in [7, 11) is 0. The predicted octanol–water partition coefficient (Wildman–Crippen LogP) is 3.44. The monoisotopic (exact) mass is 496 g/mol. The van der Waals surface area contributed by atoms with E-state index in [9.17, 15) is 0 Å². The Morgan fingerprint density at radius 2 is 0.633 bits per heavy atom. The molecule has 1 aliphatic rings. The standard InChI is InChI=1S/C22H48N4S4/c1-27-19-15-23-7-5-8-25(17-21-29-3)13-14-26(18-22-30-4)10-6-9-24(12-11-23)16-20-28-2/h5-22H2,1-4H3. The molecule has 0 aliphatic carbocycles. The average Bonchev–Trinajstić information content (AvgIpc) is 2.76. The lowest BCUT2D eigenvalue weighted by Gasteiger charge is -2.32. The maximum absolute atomic E-state index is 2.73. The van der Waals surface area contributed by atoms with E-state index in [1.807, 2.05) is 47.0 Å². The van der Waals surface area contributed by atoms with Gasteiger partial charge in [-0.1, -0.05) is 0 Å². The smallest absolute Gasteiger partial charge is 0.0110 e. The number of hydrogen-bond donors (Lipinski definition) is 0. The summed E-state index contributed by atoms with van der Waals surface area (Å²) in [5, 5.41) is 0. The zero-order valence-electron chi connectivity index (χ0n) is 20.1. The summed E-state index contributed by atoms with van der Waals surface area (Å²) < 4.78 is 0. The van der Waals surface area contributed by atoms with E-state index >= 15 is 0 Å². The van der Waals surface area contributed by atoms with Crippen molar-refractivity contribution >= 4 is 47.0 Å². The number of rotatable bonds is 12. The molecular weight excluding hydrogens is 449 g/mol. The van der Waals surface area contributed by atoms with Gasteiger partial charge in [0.05, 0.1) is 0 Å². The summed E-state index contributed by atoms with van der Waals surface area (Å²) in [6.45, 7) is 14.9. The molecule has 1 fully saturated rings. The van der Waals surface area contributed by atoms with Crippen molar-refractivity contribution in [1.29, 1.82) is 0 Å². The van der Waals surface area contributed by atoms with E-state index in [1.54, 1.807) is 0 Å². The van der Waals surface area contributed by atoms with Crippen molar-refractivity contribution in [3.63, 3.8) is 0 Å². The Hall–Kier alpha value is 1.24. The van der Waals surface area contributed by atoms with Gasteiger partial charge in [0.25, 0.3) is 0 Å². The third-order valence-corrected chi connectivity index (χ3v) is 8.17. The van der Waals surface area contributed by atoms with Crippen molar-refractivity contribution < 1.29 is 0 Å². The summed E-state index contributed by atoms with van der Waals surface area (Å²) in [4.78, 5) is 10.9. The molecule has 0 spiro atoms. The van der Waals surface area contributed by atoms with Gasteiger partial charge in [0.2, 0.25) is 0 Å². The van der Waals surface area contributed by atoms with E-state index in [4.69, 9.17) is 0 Å². The fourth-order valence-corrected chi connectivity index (χ4v) is 5.59. The minimum atomic E-state index is 1.23. The molecular formula is C22H48N4S4. The van der Waals surface area contributed by atoms with Crippen molar-refractivity contribution in [2.45, 2.75) is 12.8 Å². The van der Waals surface area contributed by atoms with Gasteiger partial charge in [-0.2, -0.15) is 47.0 Å². The van der Waals surface area contributed by atoms with Gasteiger partial charge in [-0.15, -0.1) is 0 Å². The second-order valence-electron chi connectivity index (χ2n) is 8.04. The lowest BCUT2D eigenvalue weighted by molar-refractivity contribution is 0.170. The maximum Gasteiger partial charge on any atom is 0.0110 e. The number of thioether (sulfide) groups is 4. The minimum absolute atomic E-state index is 1.23. The van der Waals surface area contributed by atoms with E-state index in [-0.39, 0.29) is 0 Å². The molecule has 0 atom stereocenters. The molecule has 0 aromatic carbocycles. The first kappa shape index (κ1) is 29.3. The first-order valence-corrected chi connectivity index (χ1v) is 17.2. The van der Waals surface area contributed by atoms with E-state index < -0.39 is 0 Å². The van der Waals surface area contributed by atoms with Crippen molar-refractivity contribution in [2.75, 3.05) is 127 Å². The number of hydrogen-bond acceptors (Lipinski definition) is 8. The van der Waals surface area contributed by atoms with Crippen LogP contribution in [0.5, 0.6) is 0 Å². The molecule has 4 nitrogen and oxygen atoms in total. The van der Waals surface area contributed by atoms with Crippen LogP contribution in [-0.2, 0) is 0 Å². The summed E-state index contributed by atoms with van der Waals surface area (Å²) in [6, 6.07) is 0. The van der Waals surface area contributed by atoms with Crippen molar-refractivity contribution in [1.82, 2.24) is 19.6 Å². The zero-order valence-corrected chi connectivity index (χ0v) is 23.4. The normalized spacial score (nSPS) is 20.4. The van der Waals surface area contributed by atoms with Gasteiger partial charge in [-0.25, -0.2) is 0 Å². The van der Waals surface area contributed by atoms with Gasteiger partial charge in [0.1, 0.15) is 0 Å². The molecule has 1 rings (SSSR count). The van der Waals surface area contributed by atoms with Gasteiger partial charge in [0.15, 0.2) is 0 Å². The van der Waals surface area contributed by atoms with Crippen LogP contribution in [0.2, 0.25) is 0 Å². The van der Waals surface area contributed by atoms with Crippen LogP contribution in [0.4, 0.5) is 0 Å². The molecule has 0 saturated carbocycles. The highest BCUT2D eigenvalue weighted by Gasteiger charge is 2.14. The summed E-state index contributed by atoms with van der Waals surface area (Å²) >= 11 is 7.94. The van der Waals surface area contributed by atoms with Crippen LogP contribution >= 0.6 is 47.0 Å². The largest absolute Gasteiger partial charge is 0.301 e. The fraction of sp³-hybridized carbons (Fsp3) is 1.00. The Balaban J connectivity index is 2.72. The molecule has 1 heterocycles. The molecule has 1 saturated heterocycles. The first-order valence-electron chi connectivity index (χ1n) is 11.6. The lowest BCUT2D eigenvalue weighted by Crippen LogP contribution is -2.42. The van der Waals surface area contributed by atoms with Crippen LogP contribution in [0.25, 0.3) is 0 Å². The zero-order chi connectivity index (χ0) is 21.9. The second-order valence-corrected chi connectivity index (χ2v) is 12.0. The van der Waals surface area contributed by atoms with E-state index in [1.165, 1.54) is 114 Å². The molecule has 0 aromatic rings. The van der Waals surface area contributed by atoms with Crippen LogP contribution in [0.1, 0.15) is 12.8 Å². The highest BCUT2D eigenvalue weighted by atomic mass is 32.2. The third-order valence-electron chi connectivity index (χ3n) is 5.81. The Bertz CT molecular complexity index is 313. The molecule has 0 bridgehead atoms. The molecule has 30 heavy (non-hydrogen) atoms. The van der Waals surface area contributed by atoms with Crippen molar-refractivity contribution in [3.05, 3.63) is 0 Å². The number of nitrogens with zero attached hydrogens (tertiary/aromatic N) is 4. The minimum Gasteiger partial charge on any atom is -0.301 e. The van der Waals surface area contributed by atoms with Crippen molar-refractivity contribution in [2.24, 2.45) is 0 Å². The predicted molar refractivity (Wildman–Crippen MR) is 149 cm³/mol. The second kappa shape index (κ2) is 20.8. The molecule has 0 aromatic heterocycles. The molecule has 8 heteroatoms. The molecule has 0 N–H and O–H groups in total. The van der Waals surface area contributed by atoms with E-state index in [2.05, 4.69) is 44.6 Å². The summed E-state index contributed by atoms with van der Waals surface area (Å²) in [5.74, 6) is 5.02.